The van der Waals surface area contributed by atoms with Crippen LogP contribution in [0.4, 0.5) is 0 Å². The van der Waals surface area contributed by atoms with Crippen LogP contribution >= 0.6 is 7.60 Å². The van der Waals surface area contributed by atoms with Gasteiger partial charge in [-0.1, -0.05) is 43.7 Å². The number of nitrogens with zero attached hydrogens (tertiary/aromatic N) is 3. The number of piperidine rings is 2. The second kappa shape index (κ2) is 12.2. The first kappa shape index (κ1) is 29.8. The van der Waals surface area contributed by atoms with Gasteiger partial charge in [-0.25, -0.2) is 9.78 Å². The lowest BCUT2D eigenvalue weighted by molar-refractivity contribution is -0.0524. The molecule has 1 N–H and O–H groups in total. The monoisotopic (exact) mass is 619 g/mol. The zero-order valence-corrected chi connectivity index (χ0v) is 26.2. The molecule has 4 fully saturated rings. The maximum atomic E-state index is 14.1. The van der Waals surface area contributed by atoms with E-state index in [-0.39, 0.29) is 11.6 Å². The van der Waals surface area contributed by atoms with Crippen LogP contribution in [-0.4, -0.2) is 50.2 Å². The van der Waals surface area contributed by atoms with Gasteiger partial charge in [0.15, 0.2) is 0 Å². The van der Waals surface area contributed by atoms with Crippen LogP contribution < -0.4 is 11.0 Å². The van der Waals surface area contributed by atoms with E-state index in [4.69, 9.17) is 9.26 Å². The van der Waals surface area contributed by atoms with E-state index >= 15 is 0 Å². The third-order valence-electron chi connectivity index (χ3n) is 10.6. The predicted molar refractivity (Wildman–Crippen MR) is 168 cm³/mol. The van der Waals surface area contributed by atoms with Crippen molar-refractivity contribution in [2.24, 2.45) is 17.8 Å². The minimum Gasteiger partial charge on any atom is -0.434 e. The average molecular weight is 620 g/mol. The minimum atomic E-state index is -4.72. The number of carbonyl (C=O) groups is 1. The summed E-state index contributed by atoms with van der Waals surface area (Å²) in [6, 6.07) is 16.9. The lowest BCUT2D eigenvalue weighted by atomic mass is 9.65. The first-order valence-corrected chi connectivity index (χ1v) is 17.8. The maximum Gasteiger partial charge on any atom is 0.385 e. The van der Waals surface area contributed by atoms with Gasteiger partial charge in [-0.05, 0) is 99.8 Å². The van der Waals surface area contributed by atoms with E-state index in [1.54, 1.807) is 47.0 Å². The molecular weight excluding hydrogens is 577 g/mol. The number of ether oxygens (including phenoxy) is 1. The zero-order valence-electron chi connectivity index (χ0n) is 25.3. The molecule has 2 aliphatic carbocycles. The Bertz CT molecular complexity index is 1600. The van der Waals surface area contributed by atoms with Crippen molar-refractivity contribution in [1.82, 2.24) is 14.5 Å². The summed E-state index contributed by atoms with van der Waals surface area (Å²) in [5.41, 5.74) is 0.269. The summed E-state index contributed by atoms with van der Waals surface area (Å²) in [5, 5.41) is 0. The van der Waals surface area contributed by atoms with E-state index in [9.17, 15) is 19.0 Å². The van der Waals surface area contributed by atoms with Gasteiger partial charge in [0.05, 0.1) is 16.6 Å². The molecule has 0 amide bonds. The summed E-state index contributed by atoms with van der Waals surface area (Å²) in [6.07, 6.45) is 11.8. The molecule has 2 saturated carbocycles. The van der Waals surface area contributed by atoms with Crippen LogP contribution in [0.25, 0.3) is 11.0 Å². The summed E-state index contributed by atoms with van der Waals surface area (Å²) in [6.45, 7) is 1.64. The van der Waals surface area contributed by atoms with Gasteiger partial charge in [-0.15, -0.1) is 0 Å². The smallest absolute Gasteiger partial charge is 0.385 e. The van der Waals surface area contributed by atoms with Crippen LogP contribution in [0.5, 0.6) is 0 Å². The highest BCUT2D eigenvalue weighted by Crippen LogP contribution is 2.49. The largest absolute Gasteiger partial charge is 0.434 e. The molecule has 44 heavy (non-hydrogen) atoms. The van der Waals surface area contributed by atoms with Crippen LogP contribution in [0.1, 0.15) is 87.5 Å². The Hall–Kier alpha value is -2.84. The van der Waals surface area contributed by atoms with E-state index < -0.39 is 31.4 Å². The van der Waals surface area contributed by atoms with Gasteiger partial charge in [0, 0.05) is 24.2 Å². The fraction of sp³-hybridized carbons (Fsp3) is 0.559. The predicted octanol–water partition coefficient (Wildman–Crippen LogP) is 5.81. The van der Waals surface area contributed by atoms with Crippen molar-refractivity contribution in [2.75, 3.05) is 6.79 Å². The fourth-order valence-corrected chi connectivity index (χ4v) is 10.0. The molecule has 0 radical (unpaired) electrons. The Morgan fingerprint density at radius 2 is 1.55 bits per heavy atom. The number of rotatable bonds is 7. The summed E-state index contributed by atoms with van der Waals surface area (Å²) >= 11 is 0. The van der Waals surface area contributed by atoms with Gasteiger partial charge in [0.2, 0.25) is 12.2 Å². The first-order chi connectivity index (χ1) is 21.3. The van der Waals surface area contributed by atoms with E-state index in [2.05, 4.69) is 16.8 Å². The van der Waals surface area contributed by atoms with Gasteiger partial charge in [-0.2, -0.15) is 0 Å². The summed E-state index contributed by atoms with van der Waals surface area (Å²) in [4.78, 5) is 44.5. The van der Waals surface area contributed by atoms with Crippen LogP contribution in [0, 0.1) is 17.8 Å². The zero-order chi connectivity index (χ0) is 30.4. The standard InChI is InChI=1S/C34H42N3O6P/c1-22-14-23-16-24(15-22)18-28(17-23)36-26-10-7-11-27(36)20-29(19-26)37-31-13-6-5-12-30(31)35-32(33(37)38)44(40,41)43-21-42-34(39)25-8-3-2-4-9-25/h2-6,8-9,12-13,22-24,26-29H,7,10-11,14-21H2,1H3,(H,40,41)/t22?,23-,24+,26-,27+,28?,29?. The minimum absolute atomic E-state index is 0.111. The Balaban J connectivity index is 1.14. The molecular formula is C34H42N3O6P. The molecule has 4 bridgehead atoms. The molecule has 1 aromatic heterocycles. The number of hydrogen-bond acceptors (Lipinski definition) is 7. The Kier molecular flexibility index (Phi) is 8.25. The summed E-state index contributed by atoms with van der Waals surface area (Å²) in [7, 11) is -4.72. The molecule has 10 heteroatoms. The highest BCUT2D eigenvalue weighted by molar-refractivity contribution is 7.60. The number of para-hydroxylation sites is 2. The topological polar surface area (TPSA) is 111 Å². The molecule has 0 spiro atoms. The van der Waals surface area contributed by atoms with E-state index in [0.717, 1.165) is 43.4 Å². The Morgan fingerprint density at radius 3 is 2.25 bits per heavy atom. The van der Waals surface area contributed by atoms with Gasteiger partial charge in [0.25, 0.3) is 5.56 Å². The van der Waals surface area contributed by atoms with Crippen molar-refractivity contribution in [1.29, 1.82) is 0 Å². The summed E-state index contributed by atoms with van der Waals surface area (Å²) in [5.74, 6) is 1.82. The van der Waals surface area contributed by atoms with Crippen LogP contribution in [0.15, 0.2) is 59.4 Å². The normalized spacial score (nSPS) is 31.7. The van der Waals surface area contributed by atoms with Gasteiger partial charge >= 0.3 is 13.6 Å². The van der Waals surface area contributed by atoms with Crippen molar-refractivity contribution < 1.29 is 23.5 Å². The number of benzene rings is 2. The molecule has 3 aromatic rings. The summed E-state index contributed by atoms with van der Waals surface area (Å²) < 4.78 is 25.4. The van der Waals surface area contributed by atoms with Crippen LogP contribution in [0.2, 0.25) is 0 Å². The number of hydrogen-bond donors (Lipinski definition) is 1. The fourth-order valence-electron chi connectivity index (χ4n) is 9.15. The Morgan fingerprint density at radius 1 is 0.886 bits per heavy atom. The van der Waals surface area contributed by atoms with Crippen molar-refractivity contribution in [3.05, 3.63) is 70.5 Å². The first-order valence-electron chi connectivity index (χ1n) is 16.3. The van der Waals surface area contributed by atoms with Crippen molar-refractivity contribution in [2.45, 2.75) is 95.3 Å². The Labute approximate surface area is 258 Å². The van der Waals surface area contributed by atoms with Crippen LogP contribution in [0.3, 0.4) is 0 Å². The third kappa shape index (κ3) is 5.80. The SMILES string of the molecule is CC1C[C@@H]2CC(N3[C@@H]4CCC[C@H]3CC(n3c(=O)c(P(=O)(O)OCOC(=O)c5ccccc5)nc5ccccc53)C4)C[C@H](C1)C2. The van der Waals surface area contributed by atoms with Gasteiger partial charge in [0.1, 0.15) is 0 Å². The second-order valence-electron chi connectivity index (χ2n) is 13.6. The van der Waals surface area contributed by atoms with Crippen LogP contribution in [-0.2, 0) is 13.8 Å². The van der Waals surface area contributed by atoms with E-state index in [0.29, 0.717) is 29.2 Å². The molecule has 2 aromatic carbocycles. The highest BCUT2D eigenvalue weighted by atomic mass is 31.2. The molecule has 4 aliphatic rings. The molecule has 7 rings (SSSR count). The molecule has 8 atom stereocenters. The molecule has 2 saturated heterocycles. The molecule has 4 unspecified atom stereocenters. The third-order valence-corrected chi connectivity index (χ3v) is 11.9. The second-order valence-corrected chi connectivity index (χ2v) is 15.4. The maximum absolute atomic E-state index is 14.1. The van der Waals surface area contributed by atoms with E-state index in [1.165, 1.54) is 38.5 Å². The van der Waals surface area contributed by atoms with Gasteiger partial charge in [-0.3, -0.25) is 18.8 Å². The highest BCUT2D eigenvalue weighted by Gasteiger charge is 2.46. The lowest BCUT2D eigenvalue weighted by Gasteiger charge is -2.55. The lowest BCUT2D eigenvalue weighted by Crippen LogP contribution is -2.59. The molecule has 2 aliphatic heterocycles. The van der Waals surface area contributed by atoms with Crippen molar-refractivity contribution >= 4 is 30.0 Å². The number of aromatic nitrogens is 2. The quantitative estimate of drug-likeness (QED) is 0.200. The van der Waals surface area contributed by atoms with Crippen molar-refractivity contribution in [3.8, 4) is 0 Å². The number of fused-ring (bicyclic) bond motifs is 5. The molecule has 3 heterocycles. The molecule has 9 nitrogen and oxygen atoms in total. The average Bonchev–Trinajstić information content (AvgIpc) is 2.99. The number of esters is 1. The van der Waals surface area contributed by atoms with Gasteiger partial charge < -0.3 is 14.2 Å². The molecule has 234 valence electrons. The van der Waals surface area contributed by atoms with E-state index in [1.807, 2.05) is 12.1 Å². The van der Waals surface area contributed by atoms with Crippen molar-refractivity contribution in [3.63, 3.8) is 0 Å². The number of carbonyl (C=O) groups excluding carboxylic acids is 1.